The molecule has 0 atom stereocenters. The number of anilines is 1. The van der Waals surface area contributed by atoms with Crippen molar-refractivity contribution in [3.8, 4) is 0 Å². The molecule has 0 N–H and O–H groups in total. The van der Waals surface area contributed by atoms with E-state index in [-0.39, 0.29) is 0 Å². The fraction of sp³-hybridized carbons (Fsp3) is 0.385. The van der Waals surface area contributed by atoms with Gasteiger partial charge in [-0.05, 0) is 19.9 Å². The summed E-state index contributed by atoms with van der Waals surface area (Å²) in [5, 5.41) is 10.4. The van der Waals surface area contributed by atoms with Crippen LogP contribution in [0.5, 0.6) is 0 Å². The van der Waals surface area contributed by atoms with Crippen LogP contribution in [0.3, 0.4) is 0 Å². The zero-order valence-corrected chi connectivity index (χ0v) is 11.7. The second kappa shape index (κ2) is 5.45. The SMILES string of the molecule is CC(C)N(CCBr)c1cnnc2ccccc12. The molecule has 0 saturated heterocycles. The lowest BCUT2D eigenvalue weighted by atomic mass is 10.1. The van der Waals surface area contributed by atoms with E-state index in [0.717, 1.165) is 28.5 Å². The molecule has 0 fully saturated rings. The molecule has 0 radical (unpaired) electrons. The van der Waals surface area contributed by atoms with Crippen molar-refractivity contribution in [2.24, 2.45) is 0 Å². The first-order valence-electron chi connectivity index (χ1n) is 5.77. The van der Waals surface area contributed by atoms with Gasteiger partial charge in [-0.1, -0.05) is 34.1 Å². The Bertz CT molecular complexity index is 493. The van der Waals surface area contributed by atoms with Crippen molar-refractivity contribution in [3.63, 3.8) is 0 Å². The third kappa shape index (κ3) is 2.57. The zero-order chi connectivity index (χ0) is 12.3. The molecule has 3 nitrogen and oxygen atoms in total. The van der Waals surface area contributed by atoms with Gasteiger partial charge in [0.15, 0.2) is 0 Å². The fourth-order valence-corrected chi connectivity index (χ4v) is 2.35. The highest BCUT2D eigenvalue weighted by Crippen LogP contribution is 2.25. The van der Waals surface area contributed by atoms with Crippen LogP contribution in [0, 0.1) is 0 Å². The molecule has 0 aliphatic heterocycles. The Morgan fingerprint density at radius 1 is 1.29 bits per heavy atom. The van der Waals surface area contributed by atoms with Gasteiger partial charge in [-0.2, -0.15) is 10.2 Å². The smallest absolute Gasteiger partial charge is 0.0950 e. The van der Waals surface area contributed by atoms with E-state index < -0.39 is 0 Å². The monoisotopic (exact) mass is 293 g/mol. The molecule has 1 aromatic carbocycles. The van der Waals surface area contributed by atoms with Gasteiger partial charge in [0.1, 0.15) is 0 Å². The molecule has 0 aliphatic carbocycles. The van der Waals surface area contributed by atoms with Crippen molar-refractivity contribution < 1.29 is 0 Å². The van der Waals surface area contributed by atoms with Gasteiger partial charge >= 0.3 is 0 Å². The van der Waals surface area contributed by atoms with Gasteiger partial charge in [0.05, 0.1) is 17.4 Å². The number of halogens is 1. The third-order valence-electron chi connectivity index (χ3n) is 2.78. The minimum atomic E-state index is 0.445. The summed E-state index contributed by atoms with van der Waals surface area (Å²) in [5.41, 5.74) is 2.11. The average Bonchev–Trinajstić information content (AvgIpc) is 2.35. The third-order valence-corrected chi connectivity index (χ3v) is 3.14. The topological polar surface area (TPSA) is 29.0 Å². The second-order valence-corrected chi connectivity index (χ2v) is 5.02. The number of rotatable bonds is 4. The summed E-state index contributed by atoms with van der Waals surface area (Å²) in [4.78, 5) is 2.34. The van der Waals surface area contributed by atoms with Crippen molar-refractivity contribution in [1.29, 1.82) is 0 Å². The lowest BCUT2D eigenvalue weighted by molar-refractivity contribution is 0.708. The van der Waals surface area contributed by atoms with Crippen LogP contribution in [0.15, 0.2) is 30.5 Å². The van der Waals surface area contributed by atoms with E-state index in [9.17, 15) is 0 Å². The lowest BCUT2D eigenvalue weighted by Gasteiger charge is -2.28. The molecular formula is C13H16BrN3. The molecule has 0 bridgehead atoms. The normalized spacial score (nSPS) is 11.1. The summed E-state index contributed by atoms with van der Waals surface area (Å²) in [6, 6.07) is 8.58. The number of hydrogen-bond donors (Lipinski definition) is 0. The van der Waals surface area contributed by atoms with Crippen molar-refractivity contribution in [2.75, 3.05) is 16.8 Å². The summed E-state index contributed by atoms with van der Waals surface area (Å²) >= 11 is 3.50. The molecule has 0 amide bonds. The quantitative estimate of drug-likeness (QED) is 0.811. The number of nitrogens with zero attached hydrogens (tertiary/aromatic N) is 3. The highest BCUT2D eigenvalue weighted by atomic mass is 79.9. The minimum absolute atomic E-state index is 0.445. The second-order valence-electron chi connectivity index (χ2n) is 4.22. The summed E-state index contributed by atoms with van der Waals surface area (Å²) in [6.45, 7) is 5.35. The van der Waals surface area contributed by atoms with Crippen LogP contribution in [0.1, 0.15) is 13.8 Å². The van der Waals surface area contributed by atoms with Crippen LogP contribution >= 0.6 is 15.9 Å². The van der Waals surface area contributed by atoms with E-state index in [1.807, 2.05) is 24.4 Å². The number of aromatic nitrogens is 2. The largest absolute Gasteiger partial charge is 0.366 e. The van der Waals surface area contributed by atoms with E-state index >= 15 is 0 Å². The molecule has 90 valence electrons. The predicted molar refractivity (Wildman–Crippen MR) is 75.8 cm³/mol. The molecule has 0 spiro atoms. The van der Waals surface area contributed by atoms with Crippen LogP contribution in [0.25, 0.3) is 10.9 Å². The Hall–Kier alpha value is -1.16. The molecule has 2 rings (SSSR count). The Labute approximate surface area is 110 Å². The van der Waals surface area contributed by atoms with Crippen LogP contribution in [-0.4, -0.2) is 28.1 Å². The van der Waals surface area contributed by atoms with Gasteiger partial charge in [0.2, 0.25) is 0 Å². The summed E-state index contributed by atoms with van der Waals surface area (Å²) in [6.07, 6.45) is 1.85. The fourth-order valence-electron chi connectivity index (χ4n) is 1.97. The summed E-state index contributed by atoms with van der Waals surface area (Å²) in [7, 11) is 0. The molecule has 1 heterocycles. The summed E-state index contributed by atoms with van der Waals surface area (Å²) < 4.78 is 0. The first kappa shape index (κ1) is 12.3. The number of fused-ring (bicyclic) bond motifs is 1. The molecule has 2 aromatic rings. The van der Waals surface area contributed by atoms with Gasteiger partial charge in [-0.15, -0.1) is 0 Å². The molecule has 17 heavy (non-hydrogen) atoms. The van der Waals surface area contributed by atoms with Crippen LogP contribution in [0.2, 0.25) is 0 Å². The number of hydrogen-bond acceptors (Lipinski definition) is 3. The maximum Gasteiger partial charge on any atom is 0.0950 e. The van der Waals surface area contributed by atoms with Gasteiger partial charge < -0.3 is 4.90 Å². The van der Waals surface area contributed by atoms with Crippen molar-refractivity contribution in [3.05, 3.63) is 30.5 Å². The van der Waals surface area contributed by atoms with Crippen LogP contribution in [0.4, 0.5) is 5.69 Å². The van der Waals surface area contributed by atoms with Crippen molar-refractivity contribution >= 4 is 32.5 Å². The van der Waals surface area contributed by atoms with Gasteiger partial charge in [-0.3, -0.25) is 0 Å². The first-order valence-corrected chi connectivity index (χ1v) is 6.89. The van der Waals surface area contributed by atoms with Crippen LogP contribution < -0.4 is 4.90 Å². The van der Waals surface area contributed by atoms with E-state index in [0.29, 0.717) is 6.04 Å². The Morgan fingerprint density at radius 2 is 2.06 bits per heavy atom. The van der Waals surface area contributed by atoms with Crippen LogP contribution in [-0.2, 0) is 0 Å². The molecular weight excluding hydrogens is 278 g/mol. The standard InChI is InChI=1S/C13H16BrN3/c1-10(2)17(8-7-14)13-9-15-16-12-6-4-3-5-11(12)13/h3-6,9-10H,7-8H2,1-2H3. The van der Waals surface area contributed by atoms with Crippen molar-refractivity contribution in [2.45, 2.75) is 19.9 Å². The van der Waals surface area contributed by atoms with E-state index in [2.05, 4.69) is 50.9 Å². The lowest BCUT2D eigenvalue weighted by Crippen LogP contribution is -2.32. The van der Waals surface area contributed by atoms with E-state index in [1.165, 1.54) is 0 Å². The minimum Gasteiger partial charge on any atom is -0.366 e. The Balaban J connectivity index is 2.52. The molecule has 0 aliphatic rings. The molecule has 4 heteroatoms. The molecule has 0 unspecified atom stereocenters. The highest BCUT2D eigenvalue weighted by Gasteiger charge is 2.13. The average molecular weight is 294 g/mol. The van der Waals surface area contributed by atoms with E-state index in [1.54, 1.807) is 0 Å². The van der Waals surface area contributed by atoms with Gasteiger partial charge in [0, 0.05) is 23.3 Å². The zero-order valence-electron chi connectivity index (χ0n) is 10.1. The maximum absolute atomic E-state index is 4.16. The molecule has 0 saturated carbocycles. The number of benzene rings is 1. The Morgan fingerprint density at radius 3 is 2.76 bits per heavy atom. The highest BCUT2D eigenvalue weighted by molar-refractivity contribution is 9.09. The molecule has 1 aromatic heterocycles. The van der Waals surface area contributed by atoms with Gasteiger partial charge in [0.25, 0.3) is 0 Å². The van der Waals surface area contributed by atoms with E-state index in [4.69, 9.17) is 0 Å². The predicted octanol–water partition coefficient (Wildman–Crippen LogP) is 3.24. The summed E-state index contributed by atoms with van der Waals surface area (Å²) in [5.74, 6) is 0. The first-order chi connectivity index (χ1) is 8.24. The maximum atomic E-state index is 4.16. The van der Waals surface area contributed by atoms with Crippen molar-refractivity contribution in [1.82, 2.24) is 10.2 Å². The number of alkyl halides is 1. The Kier molecular flexibility index (Phi) is 3.94. The van der Waals surface area contributed by atoms with Gasteiger partial charge in [-0.25, -0.2) is 0 Å².